The van der Waals surface area contributed by atoms with E-state index < -0.39 is 17.5 Å². The molecule has 0 radical (unpaired) electrons. The van der Waals surface area contributed by atoms with Gasteiger partial charge in [-0.3, -0.25) is 9.59 Å². The Morgan fingerprint density at radius 1 is 0.773 bits per heavy atom. The maximum atomic E-state index is 12.2. The lowest BCUT2D eigenvalue weighted by Crippen LogP contribution is -2.14. The maximum absolute atomic E-state index is 12.2. The Labute approximate surface area is 127 Å². The van der Waals surface area contributed by atoms with E-state index in [-0.39, 0.29) is 11.1 Å². The number of rotatable bonds is 5. The lowest BCUT2D eigenvalue weighted by atomic mass is 10.0. The van der Waals surface area contributed by atoms with Crippen LogP contribution in [0.5, 0.6) is 5.75 Å². The molecule has 0 amide bonds. The third-order valence-electron chi connectivity index (χ3n) is 3.11. The second kappa shape index (κ2) is 6.67. The van der Waals surface area contributed by atoms with E-state index in [0.717, 1.165) is 0 Å². The molecule has 2 rings (SSSR count). The molecule has 0 spiro atoms. The van der Waals surface area contributed by atoms with E-state index in [2.05, 4.69) is 4.74 Å². The highest BCUT2D eigenvalue weighted by Crippen LogP contribution is 2.15. The first-order valence-electron chi connectivity index (χ1n) is 6.48. The normalized spacial score (nSPS) is 9.91. The van der Waals surface area contributed by atoms with E-state index in [1.807, 2.05) is 0 Å². The first kappa shape index (κ1) is 15.4. The molecule has 0 aliphatic rings. The highest BCUT2D eigenvalue weighted by atomic mass is 16.5. The first-order valence-corrected chi connectivity index (χ1v) is 6.48. The summed E-state index contributed by atoms with van der Waals surface area (Å²) in [7, 11) is 2.75. The van der Waals surface area contributed by atoms with Gasteiger partial charge < -0.3 is 9.47 Å². The Hall–Kier alpha value is -2.95. The van der Waals surface area contributed by atoms with Gasteiger partial charge in [0.2, 0.25) is 11.6 Å². The van der Waals surface area contributed by atoms with Crippen molar-refractivity contribution in [3.8, 4) is 5.75 Å². The summed E-state index contributed by atoms with van der Waals surface area (Å²) in [6.45, 7) is 0. The lowest BCUT2D eigenvalue weighted by molar-refractivity contribution is 0.0600. The van der Waals surface area contributed by atoms with Crippen molar-refractivity contribution in [1.29, 1.82) is 0 Å². The monoisotopic (exact) mass is 298 g/mol. The van der Waals surface area contributed by atoms with Crippen LogP contribution in [-0.2, 0) is 4.74 Å². The van der Waals surface area contributed by atoms with Gasteiger partial charge in [0.05, 0.1) is 19.8 Å². The minimum atomic E-state index is -0.648. The Bertz CT molecular complexity index is 716. The molecule has 5 nitrogen and oxygen atoms in total. The number of hydrogen-bond donors (Lipinski definition) is 0. The number of esters is 1. The van der Waals surface area contributed by atoms with Crippen LogP contribution in [-0.4, -0.2) is 31.8 Å². The van der Waals surface area contributed by atoms with Crippen LogP contribution in [0.3, 0.4) is 0 Å². The first-order chi connectivity index (χ1) is 10.6. The van der Waals surface area contributed by atoms with E-state index in [0.29, 0.717) is 11.3 Å². The second-order valence-electron chi connectivity index (χ2n) is 4.46. The Kier molecular flexibility index (Phi) is 4.68. The quantitative estimate of drug-likeness (QED) is 0.482. The van der Waals surface area contributed by atoms with Gasteiger partial charge in [-0.25, -0.2) is 4.79 Å². The van der Waals surface area contributed by atoms with Crippen molar-refractivity contribution < 1.29 is 23.9 Å². The number of methoxy groups -OCH3 is 2. The van der Waals surface area contributed by atoms with Gasteiger partial charge in [0.25, 0.3) is 0 Å². The highest BCUT2D eigenvalue weighted by molar-refractivity contribution is 6.49. The van der Waals surface area contributed by atoms with E-state index in [1.54, 1.807) is 18.2 Å². The van der Waals surface area contributed by atoms with Gasteiger partial charge in [-0.05, 0) is 24.3 Å². The molecule has 5 heteroatoms. The highest BCUT2D eigenvalue weighted by Gasteiger charge is 2.19. The molecule has 112 valence electrons. The van der Waals surface area contributed by atoms with Crippen molar-refractivity contribution in [2.24, 2.45) is 0 Å². The lowest BCUT2D eigenvalue weighted by Gasteiger charge is -2.04. The number of hydrogen-bond acceptors (Lipinski definition) is 5. The number of carbonyl (C=O) groups is 3. The van der Waals surface area contributed by atoms with Crippen LogP contribution in [0.2, 0.25) is 0 Å². The molecule has 0 N–H and O–H groups in total. The maximum Gasteiger partial charge on any atom is 0.337 e. The Morgan fingerprint density at radius 2 is 1.36 bits per heavy atom. The minimum absolute atomic E-state index is 0.209. The summed E-state index contributed by atoms with van der Waals surface area (Å²) in [6, 6.07) is 12.1. The van der Waals surface area contributed by atoms with Gasteiger partial charge in [0.1, 0.15) is 5.75 Å². The van der Waals surface area contributed by atoms with Gasteiger partial charge in [-0.1, -0.05) is 24.3 Å². The van der Waals surface area contributed by atoms with Crippen molar-refractivity contribution in [2.45, 2.75) is 0 Å². The molecule has 0 aromatic heterocycles. The standard InChI is InChI=1S/C17H14O5/c1-21-14-5-3-4-13(10-14)16(19)15(18)11-6-8-12(9-7-11)17(20)22-2/h3-10H,1-2H3. The van der Waals surface area contributed by atoms with E-state index in [1.165, 1.54) is 44.6 Å². The van der Waals surface area contributed by atoms with Crippen molar-refractivity contribution >= 4 is 17.5 Å². The smallest absolute Gasteiger partial charge is 0.337 e. The second-order valence-corrected chi connectivity index (χ2v) is 4.46. The SMILES string of the molecule is COC(=O)c1ccc(C(=O)C(=O)c2cccc(OC)c2)cc1. The summed E-state index contributed by atoms with van der Waals surface area (Å²) < 4.78 is 9.60. The molecule has 2 aromatic carbocycles. The zero-order valence-corrected chi connectivity index (χ0v) is 12.2. The topological polar surface area (TPSA) is 69.7 Å². The minimum Gasteiger partial charge on any atom is -0.497 e. The van der Waals surface area contributed by atoms with Crippen LogP contribution in [0.1, 0.15) is 31.1 Å². The van der Waals surface area contributed by atoms with Gasteiger partial charge in [0.15, 0.2) is 0 Å². The van der Waals surface area contributed by atoms with Crippen molar-refractivity contribution in [3.05, 3.63) is 65.2 Å². The zero-order chi connectivity index (χ0) is 16.1. The van der Waals surface area contributed by atoms with Crippen LogP contribution >= 0.6 is 0 Å². The molecule has 0 heterocycles. The number of ether oxygens (including phenoxy) is 2. The van der Waals surface area contributed by atoms with Gasteiger partial charge in [-0.15, -0.1) is 0 Å². The fourth-order valence-corrected chi connectivity index (χ4v) is 1.90. The summed E-state index contributed by atoms with van der Waals surface area (Å²) in [5.41, 5.74) is 0.773. The number of benzene rings is 2. The van der Waals surface area contributed by atoms with E-state index >= 15 is 0 Å². The average Bonchev–Trinajstić information content (AvgIpc) is 2.59. The largest absolute Gasteiger partial charge is 0.497 e. The third-order valence-corrected chi connectivity index (χ3v) is 3.11. The van der Waals surface area contributed by atoms with Crippen LogP contribution in [0, 0.1) is 0 Å². The summed E-state index contributed by atoms with van der Waals surface area (Å²) in [5, 5.41) is 0. The van der Waals surface area contributed by atoms with Crippen LogP contribution in [0.15, 0.2) is 48.5 Å². The molecule has 0 aliphatic carbocycles. The average molecular weight is 298 g/mol. The van der Waals surface area contributed by atoms with Crippen molar-refractivity contribution in [1.82, 2.24) is 0 Å². The molecule has 0 unspecified atom stereocenters. The van der Waals surface area contributed by atoms with E-state index in [9.17, 15) is 14.4 Å². The molecular weight excluding hydrogens is 284 g/mol. The fourth-order valence-electron chi connectivity index (χ4n) is 1.90. The Balaban J connectivity index is 2.23. The zero-order valence-electron chi connectivity index (χ0n) is 12.2. The third kappa shape index (κ3) is 3.20. The molecule has 0 saturated heterocycles. The molecule has 0 saturated carbocycles. The molecule has 22 heavy (non-hydrogen) atoms. The summed E-state index contributed by atoms with van der Waals surface area (Å²) >= 11 is 0. The summed E-state index contributed by atoms with van der Waals surface area (Å²) in [4.78, 5) is 35.7. The predicted molar refractivity (Wildman–Crippen MR) is 79.4 cm³/mol. The number of carbonyl (C=O) groups excluding carboxylic acids is 3. The number of ketones is 2. The molecule has 0 bridgehead atoms. The molecule has 0 fully saturated rings. The molecule has 2 aromatic rings. The van der Waals surface area contributed by atoms with Gasteiger partial charge in [0, 0.05) is 11.1 Å². The summed E-state index contributed by atoms with van der Waals surface area (Å²) in [5.74, 6) is -1.29. The Morgan fingerprint density at radius 3 is 1.95 bits per heavy atom. The summed E-state index contributed by atoms with van der Waals surface area (Å²) in [6.07, 6.45) is 0. The van der Waals surface area contributed by atoms with Crippen LogP contribution < -0.4 is 4.74 Å². The van der Waals surface area contributed by atoms with Crippen molar-refractivity contribution in [3.63, 3.8) is 0 Å². The number of Topliss-reactive ketones (excluding diaryl/α,β-unsaturated/α-hetero) is 2. The van der Waals surface area contributed by atoms with Crippen LogP contribution in [0.4, 0.5) is 0 Å². The van der Waals surface area contributed by atoms with Gasteiger partial charge in [-0.2, -0.15) is 0 Å². The van der Waals surface area contributed by atoms with Gasteiger partial charge >= 0.3 is 5.97 Å². The molecule has 0 atom stereocenters. The van der Waals surface area contributed by atoms with E-state index in [4.69, 9.17) is 4.74 Å². The molecule has 0 aliphatic heterocycles. The van der Waals surface area contributed by atoms with Crippen LogP contribution in [0.25, 0.3) is 0 Å². The predicted octanol–water partition coefficient (Wildman–Crippen LogP) is 2.55. The van der Waals surface area contributed by atoms with Crippen molar-refractivity contribution in [2.75, 3.05) is 14.2 Å². The fraction of sp³-hybridized carbons (Fsp3) is 0.118. The molecular formula is C17H14O5.